The van der Waals surface area contributed by atoms with E-state index in [0.29, 0.717) is 6.04 Å². The molecule has 0 aromatic carbocycles. The first-order chi connectivity index (χ1) is 9.81. The van der Waals surface area contributed by atoms with Gasteiger partial charge in [-0.1, -0.05) is 6.07 Å². The van der Waals surface area contributed by atoms with Crippen molar-refractivity contribution in [1.29, 1.82) is 0 Å². The number of piperidine rings is 1. The highest BCUT2D eigenvalue weighted by Gasteiger charge is 2.37. The second-order valence-electron chi connectivity index (χ2n) is 6.07. The molecule has 1 saturated carbocycles. The van der Waals surface area contributed by atoms with Crippen molar-refractivity contribution in [1.82, 2.24) is 10.3 Å². The minimum Gasteiger partial charge on any atom is -0.377 e. The third-order valence-electron chi connectivity index (χ3n) is 4.88. The Bertz CT molecular complexity index is 405. The van der Waals surface area contributed by atoms with Gasteiger partial charge in [-0.25, -0.2) is 4.98 Å². The Kier molecular flexibility index (Phi) is 4.22. The topological polar surface area (TPSA) is 37.4 Å². The number of aromatic nitrogens is 1. The summed E-state index contributed by atoms with van der Waals surface area (Å²) < 4.78 is 5.67. The molecule has 20 heavy (non-hydrogen) atoms. The van der Waals surface area contributed by atoms with E-state index in [1.807, 2.05) is 19.4 Å². The van der Waals surface area contributed by atoms with E-state index in [1.54, 1.807) is 0 Å². The zero-order valence-electron chi connectivity index (χ0n) is 12.3. The van der Waals surface area contributed by atoms with Crippen LogP contribution in [0, 0.1) is 0 Å². The average Bonchev–Trinajstić information content (AvgIpc) is 2.48. The number of nitrogens with one attached hydrogen (secondary N) is 1. The molecule has 1 aromatic rings. The van der Waals surface area contributed by atoms with Crippen molar-refractivity contribution in [3.63, 3.8) is 0 Å². The fourth-order valence-corrected chi connectivity index (χ4v) is 3.21. The molecule has 0 unspecified atom stereocenters. The lowest BCUT2D eigenvalue weighted by Gasteiger charge is -2.42. The molecule has 1 aromatic heterocycles. The number of hydrogen-bond donors (Lipinski definition) is 1. The van der Waals surface area contributed by atoms with Gasteiger partial charge in [0.2, 0.25) is 0 Å². The monoisotopic (exact) mass is 275 g/mol. The van der Waals surface area contributed by atoms with Gasteiger partial charge < -0.3 is 15.0 Å². The Morgan fingerprint density at radius 1 is 1.35 bits per heavy atom. The molecule has 1 saturated heterocycles. The first kappa shape index (κ1) is 13.8. The molecule has 0 bridgehead atoms. The number of ether oxygens (including phenoxy) is 1. The van der Waals surface area contributed by atoms with Gasteiger partial charge in [0.25, 0.3) is 0 Å². The summed E-state index contributed by atoms with van der Waals surface area (Å²) in [5.74, 6) is 1.11. The van der Waals surface area contributed by atoms with Gasteiger partial charge in [-0.3, -0.25) is 0 Å². The van der Waals surface area contributed by atoms with Crippen LogP contribution < -0.4 is 10.2 Å². The second kappa shape index (κ2) is 6.10. The zero-order chi connectivity index (χ0) is 13.8. The summed E-state index contributed by atoms with van der Waals surface area (Å²) >= 11 is 0. The van der Waals surface area contributed by atoms with Crippen molar-refractivity contribution >= 4 is 5.82 Å². The van der Waals surface area contributed by atoms with Crippen LogP contribution in [0.5, 0.6) is 0 Å². The van der Waals surface area contributed by atoms with E-state index in [0.717, 1.165) is 25.5 Å². The molecule has 110 valence electrons. The van der Waals surface area contributed by atoms with Gasteiger partial charge in [-0.05, 0) is 44.2 Å². The summed E-state index contributed by atoms with van der Waals surface area (Å²) in [5, 5.41) is 3.72. The summed E-state index contributed by atoms with van der Waals surface area (Å²) in [7, 11) is 1.85. The van der Waals surface area contributed by atoms with Crippen LogP contribution in [0.3, 0.4) is 0 Å². The first-order valence-corrected chi connectivity index (χ1v) is 7.76. The molecule has 1 aliphatic heterocycles. The number of nitrogens with zero attached hydrogens (tertiary/aromatic N) is 2. The summed E-state index contributed by atoms with van der Waals surface area (Å²) in [6.07, 6.45) is 7.99. The standard InChI is InChI=1S/C16H25N3O/c1-20-16(8-4-9-16)13-18-14-6-11-19(12-7-14)15-5-2-3-10-17-15/h2-3,5,10,14,18H,4,6-9,11-13H2,1H3. The number of pyridine rings is 1. The van der Waals surface area contributed by atoms with Crippen LogP contribution in [0.4, 0.5) is 5.82 Å². The van der Waals surface area contributed by atoms with Gasteiger partial charge in [0, 0.05) is 39.0 Å². The normalized spacial score (nSPS) is 22.6. The minimum absolute atomic E-state index is 0.137. The van der Waals surface area contributed by atoms with Crippen molar-refractivity contribution in [3.05, 3.63) is 24.4 Å². The van der Waals surface area contributed by atoms with E-state index in [4.69, 9.17) is 4.74 Å². The second-order valence-corrected chi connectivity index (χ2v) is 6.07. The Morgan fingerprint density at radius 2 is 2.15 bits per heavy atom. The SMILES string of the molecule is COC1(CNC2CCN(c3ccccn3)CC2)CCC1. The molecular formula is C16H25N3O. The number of methoxy groups -OCH3 is 1. The number of anilines is 1. The molecule has 1 aliphatic carbocycles. The Balaban J connectivity index is 1.44. The molecule has 4 nitrogen and oxygen atoms in total. The van der Waals surface area contributed by atoms with E-state index >= 15 is 0 Å². The van der Waals surface area contributed by atoms with Crippen molar-refractivity contribution in [2.75, 3.05) is 31.6 Å². The van der Waals surface area contributed by atoms with Gasteiger partial charge in [0.1, 0.15) is 5.82 Å². The van der Waals surface area contributed by atoms with Crippen LogP contribution in [0.2, 0.25) is 0 Å². The molecule has 0 atom stereocenters. The van der Waals surface area contributed by atoms with Gasteiger partial charge in [0.05, 0.1) is 5.60 Å². The van der Waals surface area contributed by atoms with E-state index in [2.05, 4.69) is 27.3 Å². The van der Waals surface area contributed by atoms with Crippen molar-refractivity contribution < 1.29 is 4.74 Å². The predicted octanol–water partition coefficient (Wildman–Crippen LogP) is 2.21. The van der Waals surface area contributed by atoms with Crippen LogP contribution in [-0.2, 0) is 4.74 Å². The molecule has 3 rings (SSSR count). The molecule has 2 aliphatic rings. The highest BCUT2D eigenvalue weighted by atomic mass is 16.5. The third kappa shape index (κ3) is 2.96. The van der Waals surface area contributed by atoms with Crippen molar-refractivity contribution in [2.24, 2.45) is 0 Å². The minimum atomic E-state index is 0.137. The molecule has 1 N–H and O–H groups in total. The van der Waals surface area contributed by atoms with Crippen LogP contribution in [-0.4, -0.2) is 43.4 Å². The number of hydrogen-bond acceptors (Lipinski definition) is 4. The molecule has 0 spiro atoms. The highest BCUT2D eigenvalue weighted by molar-refractivity contribution is 5.38. The highest BCUT2D eigenvalue weighted by Crippen LogP contribution is 2.34. The third-order valence-corrected chi connectivity index (χ3v) is 4.88. The van der Waals surface area contributed by atoms with Gasteiger partial charge in [0.15, 0.2) is 0 Å². The summed E-state index contributed by atoms with van der Waals surface area (Å²) in [6, 6.07) is 6.76. The maximum absolute atomic E-state index is 5.67. The van der Waals surface area contributed by atoms with E-state index in [-0.39, 0.29) is 5.60 Å². The summed E-state index contributed by atoms with van der Waals surface area (Å²) in [5.41, 5.74) is 0.137. The fraction of sp³-hybridized carbons (Fsp3) is 0.688. The lowest BCUT2D eigenvalue weighted by atomic mass is 9.79. The Hall–Kier alpha value is -1.13. The van der Waals surface area contributed by atoms with E-state index in [9.17, 15) is 0 Å². The first-order valence-electron chi connectivity index (χ1n) is 7.76. The van der Waals surface area contributed by atoms with Gasteiger partial charge in [-0.15, -0.1) is 0 Å². The van der Waals surface area contributed by atoms with Crippen molar-refractivity contribution in [3.8, 4) is 0 Å². The van der Waals surface area contributed by atoms with Crippen LogP contribution in [0.25, 0.3) is 0 Å². The largest absolute Gasteiger partial charge is 0.377 e. The lowest BCUT2D eigenvalue weighted by molar-refractivity contribution is -0.0711. The van der Waals surface area contributed by atoms with Crippen LogP contribution in [0.15, 0.2) is 24.4 Å². The smallest absolute Gasteiger partial charge is 0.128 e. The molecule has 4 heteroatoms. The molecule has 0 amide bonds. The van der Waals surface area contributed by atoms with E-state index < -0.39 is 0 Å². The quantitative estimate of drug-likeness (QED) is 0.894. The summed E-state index contributed by atoms with van der Waals surface area (Å²) in [6.45, 7) is 3.20. The maximum atomic E-state index is 5.67. The van der Waals surface area contributed by atoms with Crippen LogP contribution >= 0.6 is 0 Å². The van der Waals surface area contributed by atoms with Crippen LogP contribution in [0.1, 0.15) is 32.1 Å². The van der Waals surface area contributed by atoms with Gasteiger partial charge >= 0.3 is 0 Å². The van der Waals surface area contributed by atoms with E-state index in [1.165, 1.54) is 32.1 Å². The zero-order valence-corrected chi connectivity index (χ0v) is 12.3. The van der Waals surface area contributed by atoms with Gasteiger partial charge in [-0.2, -0.15) is 0 Å². The Labute approximate surface area is 121 Å². The summed E-state index contributed by atoms with van der Waals surface area (Å²) in [4.78, 5) is 6.82. The predicted molar refractivity (Wildman–Crippen MR) is 81.1 cm³/mol. The fourth-order valence-electron chi connectivity index (χ4n) is 3.21. The Morgan fingerprint density at radius 3 is 2.70 bits per heavy atom. The molecule has 2 fully saturated rings. The molecule has 0 radical (unpaired) electrons. The average molecular weight is 275 g/mol. The molecule has 2 heterocycles. The molecular weight excluding hydrogens is 250 g/mol. The number of rotatable bonds is 5. The van der Waals surface area contributed by atoms with Crippen molar-refractivity contribution in [2.45, 2.75) is 43.7 Å². The maximum Gasteiger partial charge on any atom is 0.128 e. The lowest BCUT2D eigenvalue weighted by Crippen LogP contribution is -2.52.